The Morgan fingerprint density at radius 2 is 2.00 bits per heavy atom. The Morgan fingerprint density at radius 1 is 1.25 bits per heavy atom. The Kier molecular flexibility index (Phi) is 3.51. The van der Waals surface area contributed by atoms with Gasteiger partial charge in [0.15, 0.2) is 5.82 Å². The van der Waals surface area contributed by atoms with Gasteiger partial charge in [-0.2, -0.15) is 0 Å². The molecule has 3 rings (SSSR count). The Labute approximate surface area is 116 Å². The lowest BCUT2D eigenvalue weighted by atomic mass is 10.2. The van der Waals surface area contributed by atoms with Crippen LogP contribution >= 0.6 is 0 Å². The average Bonchev–Trinajstić information content (AvgIpc) is 3.27. The number of fused-ring (bicyclic) bond motifs is 1. The van der Waals surface area contributed by atoms with E-state index < -0.39 is 6.43 Å². The molecule has 106 valence electrons. The molecule has 0 aliphatic heterocycles. The first kappa shape index (κ1) is 13.2. The summed E-state index contributed by atoms with van der Waals surface area (Å²) in [6.07, 6.45) is -0.194. The van der Waals surface area contributed by atoms with Gasteiger partial charge >= 0.3 is 0 Å². The summed E-state index contributed by atoms with van der Waals surface area (Å²) in [6.45, 7) is 3.68. The molecule has 5 heteroatoms. The maximum Gasteiger partial charge on any atom is 0.297 e. The second-order valence-electron chi connectivity index (χ2n) is 5.21. The van der Waals surface area contributed by atoms with E-state index in [9.17, 15) is 8.78 Å². The standard InChI is InChI=1S/C15H17F2N3/c1-2-20(9-10-7-8-10)15-11-5-3-4-6-12(11)18-14(19-15)13(16)17/h3-6,10,13H,2,7-9H2,1H3. The summed E-state index contributed by atoms with van der Waals surface area (Å²) in [5.41, 5.74) is 0.585. The number of para-hydroxylation sites is 1. The molecule has 1 aromatic carbocycles. The zero-order chi connectivity index (χ0) is 14.1. The normalized spacial score (nSPS) is 15.0. The molecule has 20 heavy (non-hydrogen) atoms. The summed E-state index contributed by atoms with van der Waals surface area (Å²) in [6, 6.07) is 7.36. The van der Waals surface area contributed by atoms with Crippen LogP contribution in [0.15, 0.2) is 24.3 Å². The maximum atomic E-state index is 13.0. The van der Waals surface area contributed by atoms with E-state index in [-0.39, 0.29) is 5.82 Å². The molecule has 3 nitrogen and oxygen atoms in total. The topological polar surface area (TPSA) is 29.0 Å². The van der Waals surface area contributed by atoms with Gasteiger partial charge in [-0.25, -0.2) is 18.7 Å². The largest absolute Gasteiger partial charge is 0.356 e. The number of hydrogen-bond acceptors (Lipinski definition) is 3. The number of hydrogen-bond donors (Lipinski definition) is 0. The van der Waals surface area contributed by atoms with E-state index in [4.69, 9.17) is 0 Å². The van der Waals surface area contributed by atoms with Gasteiger partial charge in [0.05, 0.1) is 5.52 Å². The number of alkyl halides is 2. The Balaban J connectivity index is 2.09. The minimum Gasteiger partial charge on any atom is -0.356 e. The smallest absolute Gasteiger partial charge is 0.297 e. The van der Waals surface area contributed by atoms with E-state index in [1.54, 1.807) is 6.07 Å². The molecule has 0 radical (unpaired) electrons. The van der Waals surface area contributed by atoms with Crippen LogP contribution in [0.4, 0.5) is 14.6 Å². The molecule has 2 aromatic rings. The van der Waals surface area contributed by atoms with Crippen molar-refractivity contribution in [3.05, 3.63) is 30.1 Å². The third-order valence-electron chi connectivity index (χ3n) is 3.65. The van der Waals surface area contributed by atoms with Crippen molar-refractivity contribution in [3.8, 4) is 0 Å². The molecule has 0 amide bonds. The predicted molar refractivity (Wildman–Crippen MR) is 75.1 cm³/mol. The van der Waals surface area contributed by atoms with Gasteiger partial charge in [0.1, 0.15) is 5.82 Å². The molecular formula is C15H17F2N3. The van der Waals surface area contributed by atoms with Crippen molar-refractivity contribution in [3.63, 3.8) is 0 Å². The quantitative estimate of drug-likeness (QED) is 0.832. The Bertz CT molecular complexity index is 611. The second-order valence-corrected chi connectivity index (χ2v) is 5.21. The molecule has 0 unspecified atom stereocenters. The van der Waals surface area contributed by atoms with Gasteiger partial charge in [0.2, 0.25) is 0 Å². The van der Waals surface area contributed by atoms with Gasteiger partial charge in [0.25, 0.3) is 6.43 Å². The zero-order valence-corrected chi connectivity index (χ0v) is 11.4. The van der Waals surface area contributed by atoms with Crippen LogP contribution in [0.25, 0.3) is 10.9 Å². The summed E-state index contributed by atoms with van der Waals surface area (Å²) in [4.78, 5) is 10.2. The lowest BCUT2D eigenvalue weighted by Gasteiger charge is -2.23. The van der Waals surface area contributed by atoms with Crippen molar-refractivity contribution in [1.82, 2.24) is 9.97 Å². The molecule has 1 aliphatic carbocycles. The monoisotopic (exact) mass is 277 g/mol. The zero-order valence-electron chi connectivity index (χ0n) is 11.4. The molecule has 0 bridgehead atoms. The van der Waals surface area contributed by atoms with E-state index in [2.05, 4.69) is 14.9 Å². The van der Waals surface area contributed by atoms with Crippen LogP contribution in [0.2, 0.25) is 0 Å². The highest BCUT2D eigenvalue weighted by Crippen LogP contribution is 2.33. The highest BCUT2D eigenvalue weighted by atomic mass is 19.3. The fourth-order valence-electron chi connectivity index (χ4n) is 2.39. The van der Waals surface area contributed by atoms with Crippen LogP contribution in [0, 0.1) is 5.92 Å². The van der Waals surface area contributed by atoms with Crippen molar-refractivity contribution >= 4 is 16.7 Å². The molecular weight excluding hydrogens is 260 g/mol. The number of halogens is 2. The SMILES string of the molecule is CCN(CC1CC1)c1nc(C(F)F)nc2ccccc12. The molecule has 0 atom stereocenters. The number of nitrogens with zero attached hydrogens (tertiary/aromatic N) is 3. The summed E-state index contributed by atoms with van der Waals surface area (Å²) < 4.78 is 25.9. The van der Waals surface area contributed by atoms with E-state index in [0.717, 1.165) is 18.5 Å². The lowest BCUT2D eigenvalue weighted by Crippen LogP contribution is -2.27. The molecule has 1 saturated carbocycles. The summed E-state index contributed by atoms with van der Waals surface area (Å²) >= 11 is 0. The van der Waals surface area contributed by atoms with Crippen molar-refractivity contribution in [1.29, 1.82) is 0 Å². The molecule has 0 spiro atoms. The van der Waals surface area contributed by atoms with Crippen LogP contribution in [0.3, 0.4) is 0 Å². The third-order valence-corrected chi connectivity index (χ3v) is 3.65. The van der Waals surface area contributed by atoms with Gasteiger partial charge in [-0.05, 0) is 37.8 Å². The highest BCUT2D eigenvalue weighted by molar-refractivity contribution is 5.89. The lowest BCUT2D eigenvalue weighted by molar-refractivity contribution is 0.141. The summed E-state index contributed by atoms with van der Waals surface area (Å²) in [5, 5.41) is 0.847. The van der Waals surface area contributed by atoms with Crippen molar-refractivity contribution in [2.75, 3.05) is 18.0 Å². The van der Waals surface area contributed by atoms with E-state index in [1.165, 1.54) is 12.8 Å². The van der Waals surface area contributed by atoms with Crippen LogP contribution < -0.4 is 4.90 Å². The fraction of sp³-hybridized carbons (Fsp3) is 0.467. The highest BCUT2D eigenvalue weighted by Gasteiger charge is 2.26. The van der Waals surface area contributed by atoms with Crippen molar-refractivity contribution in [2.24, 2.45) is 5.92 Å². The van der Waals surface area contributed by atoms with Crippen LogP contribution in [-0.4, -0.2) is 23.1 Å². The minimum absolute atomic E-state index is 0.382. The molecule has 1 fully saturated rings. The molecule has 0 saturated heterocycles. The van der Waals surface area contributed by atoms with E-state index in [0.29, 0.717) is 17.3 Å². The number of rotatable bonds is 5. The number of aromatic nitrogens is 2. The molecule has 1 aromatic heterocycles. The third kappa shape index (κ3) is 2.57. The van der Waals surface area contributed by atoms with Crippen LogP contribution in [0.5, 0.6) is 0 Å². The Morgan fingerprint density at radius 3 is 2.65 bits per heavy atom. The minimum atomic E-state index is -2.64. The first-order valence-electron chi connectivity index (χ1n) is 6.98. The van der Waals surface area contributed by atoms with Gasteiger partial charge in [-0.15, -0.1) is 0 Å². The summed E-state index contributed by atoms with van der Waals surface area (Å²) in [7, 11) is 0. The van der Waals surface area contributed by atoms with Crippen molar-refractivity contribution in [2.45, 2.75) is 26.2 Å². The van der Waals surface area contributed by atoms with Gasteiger partial charge in [0, 0.05) is 18.5 Å². The first-order chi connectivity index (χ1) is 9.69. The fourth-order valence-corrected chi connectivity index (χ4v) is 2.39. The maximum absolute atomic E-state index is 13.0. The summed E-state index contributed by atoms with van der Waals surface area (Å²) in [5.74, 6) is 0.937. The van der Waals surface area contributed by atoms with E-state index >= 15 is 0 Å². The number of anilines is 1. The molecule has 0 N–H and O–H groups in total. The number of benzene rings is 1. The van der Waals surface area contributed by atoms with Gasteiger partial charge in [-0.1, -0.05) is 12.1 Å². The van der Waals surface area contributed by atoms with Crippen LogP contribution in [-0.2, 0) is 0 Å². The molecule has 1 heterocycles. The first-order valence-corrected chi connectivity index (χ1v) is 6.98. The average molecular weight is 277 g/mol. The van der Waals surface area contributed by atoms with E-state index in [1.807, 2.05) is 25.1 Å². The molecule has 1 aliphatic rings. The van der Waals surface area contributed by atoms with Gasteiger partial charge < -0.3 is 4.90 Å². The Hall–Kier alpha value is -1.78. The van der Waals surface area contributed by atoms with Crippen LogP contribution in [0.1, 0.15) is 32.0 Å². The predicted octanol–water partition coefficient (Wildman–Crippen LogP) is 3.80. The second kappa shape index (κ2) is 5.31. The van der Waals surface area contributed by atoms with Gasteiger partial charge in [-0.3, -0.25) is 0 Å². The van der Waals surface area contributed by atoms with Crippen molar-refractivity contribution < 1.29 is 8.78 Å².